The number of hydrogen-bond acceptors (Lipinski definition) is 3. The highest BCUT2D eigenvalue weighted by molar-refractivity contribution is 5.93. The second-order valence-electron chi connectivity index (χ2n) is 5.92. The van der Waals surface area contributed by atoms with E-state index >= 15 is 0 Å². The predicted molar refractivity (Wildman–Crippen MR) is 75.4 cm³/mol. The summed E-state index contributed by atoms with van der Waals surface area (Å²) >= 11 is 0. The van der Waals surface area contributed by atoms with E-state index in [4.69, 9.17) is 0 Å². The van der Waals surface area contributed by atoms with Crippen molar-refractivity contribution in [3.8, 4) is 0 Å². The van der Waals surface area contributed by atoms with E-state index in [-0.39, 0.29) is 11.8 Å². The second kappa shape index (κ2) is 6.68. The normalized spacial score (nSPS) is 17.7. The van der Waals surface area contributed by atoms with Crippen LogP contribution in [0.2, 0.25) is 0 Å². The van der Waals surface area contributed by atoms with Crippen LogP contribution < -0.4 is 0 Å². The third kappa shape index (κ3) is 4.72. The Labute approximate surface area is 127 Å². The molecule has 1 amide bonds. The van der Waals surface area contributed by atoms with Gasteiger partial charge in [-0.1, -0.05) is 0 Å². The van der Waals surface area contributed by atoms with E-state index in [1.807, 2.05) is 0 Å². The van der Waals surface area contributed by atoms with E-state index in [0.29, 0.717) is 38.0 Å². The summed E-state index contributed by atoms with van der Waals surface area (Å²) in [6, 6.07) is 0. The molecule has 22 heavy (non-hydrogen) atoms. The van der Waals surface area contributed by atoms with Crippen LogP contribution in [0.4, 0.5) is 13.2 Å². The van der Waals surface area contributed by atoms with Crippen molar-refractivity contribution in [1.82, 2.24) is 19.6 Å². The Morgan fingerprint density at radius 1 is 1.41 bits per heavy atom. The quantitative estimate of drug-likeness (QED) is 0.849. The lowest BCUT2D eigenvalue weighted by Gasteiger charge is -2.34. The summed E-state index contributed by atoms with van der Waals surface area (Å²) in [7, 11) is 3.46. The molecular weight excluding hydrogens is 297 g/mol. The van der Waals surface area contributed by atoms with Gasteiger partial charge < -0.3 is 4.90 Å². The number of aromatic nitrogens is 2. The molecule has 1 fully saturated rings. The highest BCUT2D eigenvalue weighted by atomic mass is 19.4. The van der Waals surface area contributed by atoms with Gasteiger partial charge in [0.15, 0.2) is 0 Å². The first kappa shape index (κ1) is 16.8. The van der Waals surface area contributed by atoms with Gasteiger partial charge in [0, 0.05) is 26.8 Å². The van der Waals surface area contributed by atoms with Crippen molar-refractivity contribution < 1.29 is 18.0 Å². The van der Waals surface area contributed by atoms with Gasteiger partial charge in [-0.05, 0) is 31.8 Å². The zero-order chi connectivity index (χ0) is 16.3. The number of aryl methyl sites for hydroxylation is 1. The maximum atomic E-state index is 12.3. The fourth-order valence-electron chi connectivity index (χ4n) is 2.80. The van der Waals surface area contributed by atoms with Crippen LogP contribution in [-0.2, 0) is 7.05 Å². The molecule has 0 aliphatic carbocycles. The lowest BCUT2D eigenvalue weighted by Crippen LogP contribution is -2.42. The van der Waals surface area contributed by atoms with Crippen LogP contribution >= 0.6 is 0 Å². The Morgan fingerprint density at radius 2 is 2.05 bits per heavy atom. The summed E-state index contributed by atoms with van der Waals surface area (Å²) in [6.45, 7) is 0.579. The van der Waals surface area contributed by atoms with Crippen LogP contribution in [0.5, 0.6) is 0 Å². The topological polar surface area (TPSA) is 41.4 Å². The highest BCUT2D eigenvalue weighted by Crippen LogP contribution is 2.23. The number of carbonyl (C=O) groups excluding carboxylic acids is 1. The lowest BCUT2D eigenvalue weighted by atomic mass is 9.96. The minimum Gasteiger partial charge on any atom is -0.341 e. The van der Waals surface area contributed by atoms with Gasteiger partial charge in [0.05, 0.1) is 18.3 Å². The molecule has 1 aromatic heterocycles. The Bertz CT molecular complexity index is 506. The summed E-state index contributed by atoms with van der Waals surface area (Å²) in [5.41, 5.74) is 0.527. The molecule has 1 aliphatic rings. The number of alkyl halides is 3. The number of carbonyl (C=O) groups is 1. The molecule has 2 heterocycles. The van der Waals surface area contributed by atoms with E-state index in [1.54, 1.807) is 29.9 Å². The molecule has 0 saturated carbocycles. The van der Waals surface area contributed by atoms with Crippen molar-refractivity contribution in [1.29, 1.82) is 0 Å². The summed E-state index contributed by atoms with van der Waals surface area (Å²) in [6.07, 6.45) is 0.400. The van der Waals surface area contributed by atoms with E-state index in [9.17, 15) is 18.0 Å². The van der Waals surface area contributed by atoms with Crippen molar-refractivity contribution in [3.05, 3.63) is 18.0 Å². The maximum Gasteiger partial charge on any atom is 0.401 e. The molecule has 124 valence electrons. The van der Waals surface area contributed by atoms with Crippen LogP contribution in [0.3, 0.4) is 0 Å². The number of nitrogens with zero attached hydrogens (tertiary/aromatic N) is 4. The molecule has 1 aliphatic heterocycles. The van der Waals surface area contributed by atoms with Crippen LogP contribution in [0.1, 0.15) is 23.2 Å². The lowest BCUT2D eigenvalue weighted by molar-refractivity contribution is -0.148. The monoisotopic (exact) mass is 318 g/mol. The highest BCUT2D eigenvalue weighted by Gasteiger charge is 2.32. The van der Waals surface area contributed by atoms with E-state index in [2.05, 4.69) is 5.10 Å². The molecular formula is C14H21F3N4O. The van der Waals surface area contributed by atoms with Crippen LogP contribution in [0, 0.1) is 5.92 Å². The number of amides is 1. The number of likely N-dealkylation sites (tertiary alicyclic amines) is 1. The Hall–Kier alpha value is -1.57. The number of hydrogen-bond donors (Lipinski definition) is 0. The molecule has 8 heteroatoms. The van der Waals surface area contributed by atoms with Gasteiger partial charge in [-0.25, -0.2) is 0 Å². The van der Waals surface area contributed by atoms with Gasteiger partial charge in [0.2, 0.25) is 0 Å². The van der Waals surface area contributed by atoms with Gasteiger partial charge in [-0.15, -0.1) is 0 Å². The van der Waals surface area contributed by atoms with Gasteiger partial charge in [0.1, 0.15) is 0 Å². The van der Waals surface area contributed by atoms with Gasteiger partial charge in [-0.3, -0.25) is 14.4 Å². The van der Waals surface area contributed by atoms with Crippen LogP contribution in [0.15, 0.2) is 12.4 Å². The Balaban J connectivity index is 1.79. The van der Waals surface area contributed by atoms with Crippen molar-refractivity contribution in [2.24, 2.45) is 13.0 Å². The summed E-state index contributed by atoms with van der Waals surface area (Å²) in [4.78, 5) is 15.3. The molecule has 2 rings (SSSR count). The molecule has 0 spiro atoms. The summed E-state index contributed by atoms with van der Waals surface area (Å²) < 4.78 is 38.6. The first-order valence-corrected chi connectivity index (χ1v) is 7.28. The smallest absolute Gasteiger partial charge is 0.341 e. The standard InChI is InChI=1S/C14H21F3N4O/c1-19(13(22)12-7-18-20(2)9-12)8-11-3-5-21(6-4-11)10-14(15,16)17/h7,9,11H,3-6,8,10H2,1-2H3. The van der Waals surface area contributed by atoms with Crippen molar-refractivity contribution in [2.45, 2.75) is 19.0 Å². The average Bonchev–Trinajstić information content (AvgIpc) is 2.85. The SMILES string of the molecule is CN(CC1CCN(CC(F)(F)F)CC1)C(=O)c1cnn(C)c1. The molecule has 1 saturated heterocycles. The number of piperidine rings is 1. The molecule has 0 aromatic carbocycles. The van der Waals surface area contributed by atoms with Crippen molar-refractivity contribution in [2.75, 3.05) is 33.2 Å². The second-order valence-corrected chi connectivity index (χ2v) is 5.92. The van der Waals surface area contributed by atoms with E-state index < -0.39 is 12.7 Å². The zero-order valence-corrected chi connectivity index (χ0v) is 12.8. The van der Waals surface area contributed by atoms with Crippen molar-refractivity contribution >= 4 is 5.91 Å². The van der Waals surface area contributed by atoms with Gasteiger partial charge in [-0.2, -0.15) is 18.3 Å². The summed E-state index contributed by atoms with van der Waals surface area (Å²) in [5.74, 6) is 0.140. The fraction of sp³-hybridized carbons (Fsp3) is 0.714. The Morgan fingerprint density at radius 3 is 2.55 bits per heavy atom. The molecule has 0 atom stereocenters. The maximum absolute atomic E-state index is 12.3. The molecule has 5 nitrogen and oxygen atoms in total. The first-order chi connectivity index (χ1) is 10.2. The Kier molecular flexibility index (Phi) is 5.10. The minimum atomic E-state index is -4.14. The third-order valence-electron chi connectivity index (χ3n) is 3.94. The molecule has 0 unspecified atom stereocenters. The molecule has 1 aromatic rings. The van der Waals surface area contributed by atoms with E-state index in [1.165, 1.54) is 11.1 Å². The fourth-order valence-corrected chi connectivity index (χ4v) is 2.80. The van der Waals surface area contributed by atoms with E-state index in [0.717, 1.165) is 0 Å². The first-order valence-electron chi connectivity index (χ1n) is 7.28. The van der Waals surface area contributed by atoms with Gasteiger partial charge in [0.25, 0.3) is 5.91 Å². The molecule has 0 radical (unpaired) electrons. The van der Waals surface area contributed by atoms with Gasteiger partial charge >= 0.3 is 6.18 Å². The number of rotatable bonds is 4. The average molecular weight is 318 g/mol. The third-order valence-corrected chi connectivity index (χ3v) is 3.94. The van der Waals surface area contributed by atoms with Crippen LogP contribution in [0.25, 0.3) is 0 Å². The number of halogens is 3. The van der Waals surface area contributed by atoms with Crippen molar-refractivity contribution in [3.63, 3.8) is 0 Å². The summed E-state index contributed by atoms with van der Waals surface area (Å²) in [5, 5.41) is 3.97. The zero-order valence-electron chi connectivity index (χ0n) is 12.8. The molecule has 0 N–H and O–H groups in total. The van der Waals surface area contributed by atoms with Crippen LogP contribution in [-0.4, -0.2) is 64.9 Å². The molecule has 0 bridgehead atoms. The largest absolute Gasteiger partial charge is 0.401 e. The predicted octanol–water partition coefficient (Wildman–Crippen LogP) is 1.77. The minimum absolute atomic E-state index is 0.106.